The number of piperidine rings is 1. The Morgan fingerprint density at radius 1 is 1.46 bits per heavy atom. The number of hydrogen-bond donors (Lipinski definition) is 0. The predicted molar refractivity (Wildman–Crippen MR) is 96.6 cm³/mol. The van der Waals surface area contributed by atoms with Crippen LogP contribution >= 0.6 is 11.6 Å². The van der Waals surface area contributed by atoms with Crippen molar-refractivity contribution in [2.24, 2.45) is 5.41 Å². The lowest BCUT2D eigenvalue weighted by molar-refractivity contribution is -0.0785. The monoisotopic (exact) mass is 346 g/mol. The Morgan fingerprint density at radius 2 is 2.21 bits per heavy atom. The van der Waals surface area contributed by atoms with Crippen molar-refractivity contribution in [3.63, 3.8) is 0 Å². The molecule has 0 aliphatic carbocycles. The summed E-state index contributed by atoms with van der Waals surface area (Å²) in [7, 11) is 3.11. The van der Waals surface area contributed by atoms with Crippen molar-refractivity contribution in [2.75, 3.05) is 27.2 Å². The Morgan fingerprint density at radius 3 is 2.83 bits per heavy atom. The minimum Gasteiger partial charge on any atom is -0.322 e. The van der Waals surface area contributed by atoms with Crippen LogP contribution in [-0.2, 0) is 4.84 Å². The zero-order valence-corrected chi connectivity index (χ0v) is 15.4. The van der Waals surface area contributed by atoms with Gasteiger partial charge in [0.2, 0.25) is 0 Å². The number of hydrogen-bond acceptors (Lipinski definition) is 2. The summed E-state index contributed by atoms with van der Waals surface area (Å²) in [5, 5.41) is 1.94. The molecule has 0 unspecified atom stereocenters. The summed E-state index contributed by atoms with van der Waals surface area (Å²) < 4.78 is 0. The van der Waals surface area contributed by atoms with Crippen LogP contribution in [0.2, 0.25) is 5.02 Å². The minimum atomic E-state index is -0.120. The van der Waals surface area contributed by atoms with Crippen LogP contribution in [0.1, 0.15) is 25.8 Å². The summed E-state index contributed by atoms with van der Waals surface area (Å²) in [5.74, 6) is 6.24. The van der Waals surface area contributed by atoms with E-state index in [0.717, 1.165) is 12.0 Å². The summed E-state index contributed by atoms with van der Waals surface area (Å²) in [4.78, 5) is 19.0. The Bertz CT molecular complexity index is 701. The predicted octanol–water partition coefficient (Wildman–Crippen LogP) is 3.96. The van der Waals surface area contributed by atoms with E-state index in [1.165, 1.54) is 17.7 Å². The number of hydroxylamine groups is 2. The molecule has 24 heavy (non-hydrogen) atoms. The van der Waals surface area contributed by atoms with E-state index >= 15 is 0 Å². The molecule has 2 amide bonds. The van der Waals surface area contributed by atoms with Gasteiger partial charge in [0.05, 0.1) is 7.11 Å². The minimum absolute atomic E-state index is 0.116. The molecule has 5 heteroatoms. The lowest BCUT2D eigenvalue weighted by Crippen LogP contribution is -2.49. The zero-order chi connectivity index (χ0) is 17.7. The van der Waals surface area contributed by atoms with Crippen molar-refractivity contribution in [2.45, 2.75) is 20.3 Å². The molecule has 0 aromatic heterocycles. The molecule has 1 heterocycles. The largest absolute Gasteiger partial charge is 0.343 e. The van der Waals surface area contributed by atoms with Crippen LogP contribution in [0.3, 0.4) is 0 Å². The van der Waals surface area contributed by atoms with E-state index in [4.69, 9.17) is 16.4 Å². The highest BCUT2D eigenvalue weighted by Crippen LogP contribution is 2.34. The summed E-state index contributed by atoms with van der Waals surface area (Å²) in [5.41, 5.74) is 2.03. The van der Waals surface area contributed by atoms with Gasteiger partial charge in [-0.25, -0.2) is 9.86 Å². The van der Waals surface area contributed by atoms with Crippen LogP contribution in [-0.4, -0.2) is 43.2 Å². The van der Waals surface area contributed by atoms with E-state index in [1.54, 1.807) is 7.05 Å². The first-order valence-corrected chi connectivity index (χ1v) is 8.24. The molecule has 1 aromatic carbocycles. The summed E-state index contributed by atoms with van der Waals surface area (Å²) in [6.45, 7) is 5.57. The number of halogens is 1. The van der Waals surface area contributed by atoms with Crippen LogP contribution in [0.4, 0.5) is 4.79 Å². The van der Waals surface area contributed by atoms with Gasteiger partial charge in [0.25, 0.3) is 0 Å². The molecule has 1 saturated heterocycles. The average Bonchev–Trinajstić information content (AvgIpc) is 2.54. The maximum atomic E-state index is 12.2. The van der Waals surface area contributed by atoms with E-state index in [2.05, 4.69) is 25.7 Å². The van der Waals surface area contributed by atoms with Gasteiger partial charge in [-0.15, -0.1) is 0 Å². The SMILES string of the molecule is CON(C)C(=O)N1CC/C(=C\C#Cc2cccc(Cl)c2)C(C)(C)C1. The van der Waals surface area contributed by atoms with Crippen LogP contribution in [0.15, 0.2) is 35.9 Å². The van der Waals surface area contributed by atoms with E-state index in [1.807, 2.05) is 35.2 Å². The Labute approximate surface area is 149 Å². The van der Waals surface area contributed by atoms with E-state index in [-0.39, 0.29) is 11.4 Å². The Balaban J connectivity index is 2.10. The van der Waals surface area contributed by atoms with Gasteiger partial charge in [0.15, 0.2) is 0 Å². The molecule has 0 saturated carbocycles. The lowest BCUT2D eigenvalue weighted by Gasteiger charge is -2.40. The van der Waals surface area contributed by atoms with Gasteiger partial charge in [0.1, 0.15) is 0 Å². The van der Waals surface area contributed by atoms with Gasteiger partial charge < -0.3 is 4.90 Å². The highest BCUT2D eigenvalue weighted by molar-refractivity contribution is 6.30. The number of carbonyl (C=O) groups is 1. The van der Waals surface area contributed by atoms with E-state index in [0.29, 0.717) is 18.1 Å². The first-order chi connectivity index (χ1) is 11.3. The van der Waals surface area contributed by atoms with Gasteiger partial charge in [0, 0.05) is 36.1 Å². The van der Waals surface area contributed by atoms with Crippen molar-refractivity contribution in [3.8, 4) is 11.8 Å². The normalized spacial score (nSPS) is 18.0. The molecule has 1 aliphatic rings. The Hall–Kier alpha value is -1.96. The van der Waals surface area contributed by atoms with Crippen molar-refractivity contribution in [3.05, 3.63) is 46.5 Å². The number of benzene rings is 1. The second kappa shape index (κ2) is 7.74. The van der Waals surface area contributed by atoms with Crippen molar-refractivity contribution >= 4 is 17.6 Å². The van der Waals surface area contributed by atoms with Gasteiger partial charge >= 0.3 is 6.03 Å². The molecule has 0 radical (unpaired) electrons. The van der Waals surface area contributed by atoms with Gasteiger partial charge in [-0.1, -0.05) is 48.9 Å². The van der Waals surface area contributed by atoms with Crippen molar-refractivity contribution in [1.29, 1.82) is 0 Å². The van der Waals surface area contributed by atoms with Gasteiger partial charge in [-0.05, 0) is 30.7 Å². The number of allylic oxidation sites excluding steroid dienone is 1. The third kappa shape index (κ3) is 4.53. The van der Waals surface area contributed by atoms with E-state index in [9.17, 15) is 4.79 Å². The fourth-order valence-corrected chi connectivity index (χ4v) is 2.92. The van der Waals surface area contributed by atoms with Gasteiger partial charge in [-0.2, -0.15) is 0 Å². The Kier molecular flexibility index (Phi) is 5.93. The summed E-state index contributed by atoms with van der Waals surface area (Å²) in [6.07, 6.45) is 2.78. The second-order valence-corrected chi connectivity index (χ2v) is 6.90. The maximum absolute atomic E-state index is 12.2. The molecule has 1 fully saturated rings. The number of nitrogens with zero attached hydrogens (tertiary/aromatic N) is 2. The topological polar surface area (TPSA) is 32.8 Å². The zero-order valence-electron chi connectivity index (χ0n) is 14.6. The highest BCUT2D eigenvalue weighted by Gasteiger charge is 2.34. The first kappa shape index (κ1) is 18.4. The van der Waals surface area contributed by atoms with Crippen molar-refractivity contribution < 1.29 is 9.63 Å². The highest BCUT2D eigenvalue weighted by atomic mass is 35.5. The second-order valence-electron chi connectivity index (χ2n) is 6.47. The fourth-order valence-electron chi connectivity index (χ4n) is 2.73. The quantitative estimate of drug-likeness (QED) is 0.569. The molecule has 4 nitrogen and oxygen atoms in total. The van der Waals surface area contributed by atoms with Crippen LogP contribution in [0.25, 0.3) is 0 Å². The number of carbonyl (C=O) groups excluding carboxylic acids is 1. The average molecular weight is 347 g/mol. The third-order valence-electron chi connectivity index (χ3n) is 4.21. The molecular formula is C19H23ClN2O2. The molecule has 0 bridgehead atoms. The standard InChI is InChI=1S/C19H23ClN2O2/c1-19(2)14-22(18(23)21(3)24-4)12-11-16(19)9-5-7-15-8-6-10-17(20)13-15/h6,8-10,13H,11-12,14H2,1-4H3/b16-9+. The number of rotatable bonds is 1. The molecule has 0 N–H and O–H groups in total. The number of urea groups is 1. The first-order valence-electron chi connectivity index (χ1n) is 7.87. The molecule has 1 aromatic rings. The summed E-state index contributed by atoms with van der Waals surface area (Å²) in [6, 6.07) is 7.39. The lowest BCUT2D eigenvalue weighted by atomic mass is 9.79. The van der Waals surface area contributed by atoms with Crippen LogP contribution in [0, 0.1) is 17.3 Å². The molecule has 128 valence electrons. The third-order valence-corrected chi connectivity index (χ3v) is 4.44. The summed E-state index contributed by atoms with van der Waals surface area (Å²) >= 11 is 5.97. The molecular weight excluding hydrogens is 324 g/mol. The molecule has 0 atom stereocenters. The molecule has 2 rings (SSSR count). The van der Waals surface area contributed by atoms with E-state index < -0.39 is 0 Å². The van der Waals surface area contributed by atoms with Crippen LogP contribution in [0.5, 0.6) is 0 Å². The molecule has 0 spiro atoms. The van der Waals surface area contributed by atoms with Crippen molar-refractivity contribution in [1.82, 2.24) is 9.96 Å². The van der Waals surface area contributed by atoms with Crippen LogP contribution < -0.4 is 0 Å². The number of amides is 2. The number of likely N-dealkylation sites (tertiary alicyclic amines) is 1. The molecule has 1 aliphatic heterocycles. The maximum Gasteiger partial charge on any atom is 0.343 e. The van der Waals surface area contributed by atoms with Gasteiger partial charge in [-0.3, -0.25) is 4.84 Å². The smallest absolute Gasteiger partial charge is 0.322 e. The fraction of sp³-hybridized carbons (Fsp3) is 0.421.